The summed E-state index contributed by atoms with van der Waals surface area (Å²) in [6.45, 7) is 0. The Balaban J connectivity index is 2.02. The maximum absolute atomic E-state index is 12.9. The van der Waals surface area contributed by atoms with Crippen LogP contribution in [-0.4, -0.2) is 17.3 Å². The molecule has 0 saturated carbocycles. The lowest BCUT2D eigenvalue weighted by Gasteiger charge is -2.00. The average Bonchev–Trinajstić information content (AvgIpc) is 2.43. The molecule has 20 heavy (non-hydrogen) atoms. The molecule has 2 aromatic rings. The average molecular weight is 276 g/mol. The van der Waals surface area contributed by atoms with Gasteiger partial charge in [0.15, 0.2) is 11.6 Å². The quantitative estimate of drug-likeness (QED) is 0.666. The van der Waals surface area contributed by atoms with Crippen LogP contribution in [-0.2, 0) is 0 Å². The van der Waals surface area contributed by atoms with E-state index in [9.17, 15) is 13.6 Å². The largest absolute Gasteiger partial charge is 0.478 e. The van der Waals surface area contributed by atoms with Gasteiger partial charge in [-0.15, -0.1) is 0 Å². The summed E-state index contributed by atoms with van der Waals surface area (Å²) >= 11 is 0. The third kappa shape index (κ3) is 3.38. The van der Waals surface area contributed by atoms with Crippen LogP contribution in [0.25, 0.3) is 0 Å². The van der Waals surface area contributed by atoms with Crippen LogP contribution in [0.5, 0.6) is 0 Å². The number of carboxylic acid groups (broad SMARTS) is 1. The van der Waals surface area contributed by atoms with Crippen molar-refractivity contribution in [3.8, 4) is 0 Å². The zero-order valence-corrected chi connectivity index (χ0v) is 10.2. The molecule has 102 valence electrons. The Kier molecular flexibility index (Phi) is 4.05. The van der Waals surface area contributed by atoms with Gasteiger partial charge >= 0.3 is 5.97 Å². The molecule has 0 saturated heterocycles. The fourth-order valence-corrected chi connectivity index (χ4v) is 1.46. The van der Waals surface area contributed by atoms with Gasteiger partial charge in [0.25, 0.3) is 0 Å². The van der Waals surface area contributed by atoms with E-state index in [0.717, 1.165) is 12.1 Å². The van der Waals surface area contributed by atoms with Crippen molar-refractivity contribution >= 4 is 17.9 Å². The summed E-state index contributed by atoms with van der Waals surface area (Å²) in [7, 11) is 0. The monoisotopic (exact) mass is 276 g/mol. The number of hydrazone groups is 1. The lowest BCUT2D eigenvalue weighted by Crippen LogP contribution is -1.96. The standard InChI is InChI=1S/C14H10F2N2O2/c15-12-6-1-9(7-13(12)16)8-17-18-11-4-2-10(3-5-11)14(19)20/h1-8,18H,(H,19,20). The van der Waals surface area contributed by atoms with Gasteiger partial charge in [-0.25, -0.2) is 13.6 Å². The normalized spacial score (nSPS) is 10.7. The molecule has 6 heteroatoms. The Bertz CT molecular complexity index is 655. The third-order valence-electron chi connectivity index (χ3n) is 2.48. The summed E-state index contributed by atoms with van der Waals surface area (Å²) in [5, 5.41) is 12.6. The van der Waals surface area contributed by atoms with Crippen LogP contribution in [0.4, 0.5) is 14.5 Å². The minimum atomic E-state index is -1.01. The van der Waals surface area contributed by atoms with E-state index < -0.39 is 17.6 Å². The van der Waals surface area contributed by atoms with Crippen molar-refractivity contribution in [2.24, 2.45) is 5.10 Å². The van der Waals surface area contributed by atoms with Crippen molar-refractivity contribution in [3.05, 3.63) is 65.2 Å². The van der Waals surface area contributed by atoms with Gasteiger partial charge in [-0.1, -0.05) is 6.07 Å². The van der Waals surface area contributed by atoms with Gasteiger partial charge in [-0.3, -0.25) is 5.43 Å². The molecule has 0 bridgehead atoms. The SMILES string of the molecule is O=C(O)c1ccc(NN=Cc2ccc(F)c(F)c2)cc1. The highest BCUT2D eigenvalue weighted by molar-refractivity contribution is 5.88. The molecule has 2 rings (SSSR count). The van der Waals surface area contributed by atoms with Crippen molar-refractivity contribution in [1.82, 2.24) is 0 Å². The van der Waals surface area contributed by atoms with Gasteiger partial charge in [-0.05, 0) is 42.0 Å². The van der Waals surface area contributed by atoms with E-state index >= 15 is 0 Å². The lowest BCUT2D eigenvalue weighted by atomic mass is 10.2. The first-order valence-corrected chi connectivity index (χ1v) is 5.64. The zero-order valence-electron chi connectivity index (χ0n) is 10.2. The molecule has 0 aliphatic heterocycles. The smallest absolute Gasteiger partial charge is 0.335 e. The molecule has 0 fully saturated rings. The number of carbonyl (C=O) groups is 1. The maximum atomic E-state index is 12.9. The summed E-state index contributed by atoms with van der Waals surface area (Å²) in [6.07, 6.45) is 1.33. The highest BCUT2D eigenvalue weighted by Gasteiger charge is 2.01. The second kappa shape index (κ2) is 5.92. The Morgan fingerprint density at radius 2 is 1.80 bits per heavy atom. The van der Waals surface area contributed by atoms with Crippen LogP contribution in [0.15, 0.2) is 47.6 Å². The van der Waals surface area contributed by atoms with E-state index in [2.05, 4.69) is 10.5 Å². The second-order valence-electron chi connectivity index (χ2n) is 3.93. The fraction of sp³-hybridized carbons (Fsp3) is 0. The first-order chi connectivity index (χ1) is 9.56. The molecule has 0 amide bonds. The predicted molar refractivity (Wildman–Crippen MR) is 71.0 cm³/mol. The van der Waals surface area contributed by atoms with Gasteiger partial charge < -0.3 is 5.11 Å². The van der Waals surface area contributed by atoms with Gasteiger partial charge in [0.05, 0.1) is 17.5 Å². The van der Waals surface area contributed by atoms with Crippen LogP contribution in [0.3, 0.4) is 0 Å². The Morgan fingerprint density at radius 3 is 2.40 bits per heavy atom. The van der Waals surface area contributed by atoms with Gasteiger partial charge in [0.1, 0.15) is 0 Å². The molecule has 2 N–H and O–H groups in total. The molecule has 0 aromatic heterocycles. The highest BCUT2D eigenvalue weighted by Crippen LogP contribution is 2.10. The van der Waals surface area contributed by atoms with E-state index in [1.165, 1.54) is 24.4 Å². The number of anilines is 1. The molecule has 0 radical (unpaired) electrons. The Hall–Kier alpha value is -2.76. The number of nitrogens with zero attached hydrogens (tertiary/aromatic N) is 1. The van der Waals surface area contributed by atoms with Gasteiger partial charge in [-0.2, -0.15) is 5.10 Å². The predicted octanol–water partition coefficient (Wildman–Crippen LogP) is 3.11. The highest BCUT2D eigenvalue weighted by atomic mass is 19.2. The lowest BCUT2D eigenvalue weighted by molar-refractivity contribution is 0.0697. The summed E-state index contributed by atoms with van der Waals surface area (Å²) < 4.78 is 25.6. The van der Waals surface area contributed by atoms with Crippen LogP contribution >= 0.6 is 0 Å². The number of nitrogens with one attached hydrogen (secondary N) is 1. The molecule has 0 heterocycles. The minimum absolute atomic E-state index is 0.167. The van der Waals surface area contributed by atoms with Crippen molar-refractivity contribution in [2.75, 3.05) is 5.43 Å². The summed E-state index contributed by atoms with van der Waals surface area (Å²) in [6, 6.07) is 9.37. The number of hydrogen-bond donors (Lipinski definition) is 2. The number of carboxylic acids is 1. The fourth-order valence-electron chi connectivity index (χ4n) is 1.46. The number of benzene rings is 2. The molecule has 0 aliphatic carbocycles. The summed E-state index contributed by atoms with van der Waals surface area (Å²) in [5.41, 5.74) is 3.80. The first-order valence-electron chi connectivity index (χ1n) is 5.64. The van der Waals surface area contributed by atoms with Crippen molar-refractivity contribution in [2.45, 2.75) is 0 Å². The van der Waals surface area contributed by atoms with Crippen LogP contribution in [0, 0.1) is 11.6 Å². The Labute approximate surface area is 113 Å². The van der Waals surface area contributed by atoms with Gasteiger partial charge in [0.2, 0.25) is 0 Å². The molecular weight excluding hydrogens is 266 g/mol. The minimum Gasteiger partial charge on any atom is -0.478 e. The molecule has 2 aromatic carbocycles. The molecule has 0 atom stereocenters. The molecule has 0 aliphatic rings. The molecule has 0 spiro atoms. The van der Waals surface area contributed by atoms with Crippen molar-refractivity contribution < 1.29 is 18.7 Å². The zero-order chi connectivity index (χ0) is 14.5. The van der Waals surface area contributed by atoms with Crippen LogP contribution in [0.1, 0.15) is 15.9 Å². The van der Waals surface area contributed by atoms with E-state index in [-0.39, 0.29) is 5.56 Å². The van der Waals surface area contributed by atoms with E-state index in [1.807, 2.05) is 0 Å². The number of aromatic carboxylic acids is 1. The third-order valence-corrected chi connectivity index (χ3v) is 2.48. The van der Waals surface area contributed by atoms with Crippen molar-refractivity contribution in [3.63, 3.8) is 0 Å². The molecule has 4 nitrogen and oxygen atoms in total. The maximum Gasteiger partial charge on any atom is 0.335 e. The molecular formula is C14H10F2N2O2. The topological polar surface area (TPSA) is 61.7 Å². The van der Waals surface area contributed by atoms with E-state index in [0.29, 0.717) is 11.3 Å². The first kappa shape index (κ1) is 13.7. The summed E-state index contributed by atoms with van der Waals surface area (Å²) in [4.78, 5) is 10.7. The van der Waals surface area contributed by atoms with Gasteiger partial charge in [0, 0.05) is 0 Å². The number of halogens is 2. The second-order valence-corrected chi connectivity index (χ2v) is 3.93. The molecule has 0 unspecified atom stereocenters. The van der Waals surface area contributed by atoms with E-state index in [1.54, 1.807) is 12.1 Å². The number of rotatable bonds is 4. The Morgan fingerprint density at radius 1 is 1.10 bits per heavy atom. The van der Waals surface area contributed by atoms with Crippen LogP contribution < -0.4 is 5.43 Å². The van der Waals surface area contributed by atoms with Crippen molar-refractivity contribution in [1.29, 1.82) is 0 Å². The van der Waals surface area contributed by atoms with E-state index in [4.69, 9.17) is 5.11 Å². The number of hydrogen-bond acceptors (Lipinski definition) is 3. The van der Waals surface area contributed by atoms with Crippen LogP contribution in [0.2, 0.25) is 0 Å². The summed E-state index contributed by atoms with van der Waals surface area (Å²) in [5.74, 6) is -2.87.